The Hall–Kier alpha value is -1.76. The molecule has 1 aromatic carbocycles. The predicted molar refractivity (Wildman–Crippen MR) is 113 cm³/mol. The Morgan fingerprint density at radius 1 is 1.07 bits per heavy atom. The van der Waals surface area contributed by atoms with E-state index < -0.39 is 25.0 Å². The average Bonchev–Trinajstić information content (AvgIpc) is 2.67. The van der Waals surface area contributed by atoms with Gasteiger partial charge in [-0.1, -0.05) is 6.92 Å². The standard InChI is InChI=1S/C18H28N4O6S2/c1-14-4-3-9-21(13-14)30(27,28)16-5-6-17(18(12-16)22(23)24)19-15-7-10-20(11-8-15)29(2,25)26/h5-6,12,14-15,19H,3-4,7-11,13H2,1-2H3. The molecule has 1 atom stereocenters. The number of sulfonamides is 2. The molecule has 30 heavy (non-hydrogen) atoms. The van der Waals surface area contributed by atoms with Crippen LogP contribution in [-0.2, 0) is 20.0 Å². The van der Waals surface area contributed by atoms with Crippen molar-refractivity contribution >= 4 is 31.4 Å². The molecule has 0 radical (unpaired) electrons. The number of nitrogens with one attached hydrogen (secondary N) is 1. The van der Waals surface area contributed by atoms with Crippen molar-refractivity contribution in [2.45, 2.75) is 43.5 Å². The molecule has 1 unspecified atom stereocenters. The molecule has 2 aliphatic heterocycles. The fourth-order valence-corrected chi connectivity index (χ4v) is 6.50. The second-order valence-corrected chi connectivity index (χ2v) is 12.0. The molecule has 0 aliphatic carbocycles. The molecular formula is C18H28N4O6S2. The van der Waals surface area contributed by atoms with Gasteiger partial charge in [-0.3, -0.25) is 10.1 Å². The maximum absolute atomic E-state index is 13.0. The third-order valence-corrected chi connectivity index (χ3v) is 8.87. The predicted octanol–water partition coefficient (Wildman–Crippen LogP) is 1.85. The highest BCUT2D eigenvalue weighted by Gasteiger charge is 2.31. The van der Waals surface area contributed by atoms with Crippen molar-refractivity contribution < 1.29 is 21.8 Å². The first-order chi connectivity index (χ1) is 14.0. The van der Waals surface area contributed by atoms with Crippen LogP contribution in [0.1, 0.15) is 32.6 Å². The molecule has 2 saturated heterocycles. The second-order valence-electron chi connectivity index (χ2n) is 8.13. The van der Waals surface area contributed by atoms with E-state index in [2.05, 4.69) is 5.32 Å². The monoisotopic (exact) mass is 460 g/mol. The van der Waals surface area contributed by atoms with Crippen molar-refractivity contribution in [3.8, 4) is 0 Å². The van der Waals surface area contributed by atoms with E-state index >= 15 is 0 Å². The fourth-order valence-electron chi connectivity index (χ4n) is 4.01. The zero-order chi connectivity index (χ0) is 22.1. The van der Waals surface area contributed by atoms with Crippen molar-refractivity contribution in [3.05, 3.63) is 28.3 Å². The Kier molecular flexibility index (Phi) is 6.70. The minimum absolute atomic E-state index is 0.0826. The van der Waals surface area contributed by atoms with Crippen LogP contribution in [0.3, 0.4) is 0 Å². The SMILES string of the molecule is CC1CCCN(S(=O)(=O)c2ccc(NC3CCN(S(C)(=O)=O)CC3)c([N+](=O)[O-])c2)C1. The van der Waals surface area contributed by atoms with Gasteiger partial charge >= 0.3 is 0 Å². The molecule has 2 aliphatic rings. The number of hydrogen-bond donors (Lipinski definition) is 1. The highest BCUT2D eigenvalue weighted by molar-refractivity contribution is 7.89. The van der Waals surface area contributed by atoms with Gasteiger partial charge in [-0.2, -0.15) is 4.31 Å². The summed E-state index contributed by atoms with van der Waals surface area (Å²) in [4.78, 5) is 10.9. The third-order valence-electron chi connectivity index (χ3n) is 5.71. The van der Waals surface area contributed by atoms with Crippen LogP contribution in [0.5, 0.6) is 0 Å². The Balaban J connectivity index is 1.78. The summed E-state index contributed by atoms with van der Waals surface area (Å²) < 4.78 is 52.0. The van der Waals surface area contributed by atoms with Crippen LogP contribution in [0, 0.1) is 16.0 Å². The lowest BCUT2D eigenvalue weighted by molar-refractivity contribution is -0.384. The first kappa shape index (κ1) is 22.9. The van der Waals surface area contributed by atoms with Gasteiger partial charge in [-0.05, 0) is 43.7 Å². The van der Waals surface area contributed by atoms with Crippen molar-refractivity contribution in [2.75, 3.05) is 37.8 Å². The highest BCUT2D eigenvalue weighted by Crippen LogP contribution is 2.32. The number of benzene rings is 1. The Labute approximate surface area is 177 Å². The van der Waals surface area contributed by atoms with E-state index in [1.165, 1.54) is 20.7 Å². The number of nitro groups is 1. The topological polar surface area (TPSA) is 130 Å². The van der Waals surface area contributed by atoms with E-state index in [1.807, 2.05) is 6.92 Å². The first-order valence-corrected chi connectivity index (χ1v) is 13.3. The van der Waals surface area contributed by atoms with Crippen molar-refractivity contribution in [3.63, 3.8) is 0 Å². The van der Waals surface area contributed by atoms with Crippen LogP contribution in [0.15, 0.2) is 23.1 Å². The van der Waals surface area contributed by atoms with Gasteiger partial charge in [0.15, 0.2) is 0 Å². The number of piperidine rings is 2. The van der Waals surface area contributed by atoms with Crippen LogP contribution < -0.4 is 5.32 Å². The maximum atomic E-state index is 13.0. The molecule has 3 rings (SSSR count). The van der Waals surface area contributed by atoms with Crippen LogP contribution in [0.25, 0.3) is 0 Å². The van der Waals surface area contributed by atoms with Gasteiger partial charge in [-0.25, -0.2) is 21.1 Å². The molecule has 0 spiro atoms. The molecule has 1 N–H and O–H groups in total. The summed E-state index contributed by atoms with van der Waals surface area (Å²) >= 11 is 0. The smallest absolute Gasteiger partial charge is 0.293 e. The molecule has 0 saturated carbocycles. The van der Waals surface area contributed by atoms with E-state index in [-0.39, 0.29) is 28.2 Å². The lowest BCUT2D eigenvalue weighted by Crippen LogP contribution is -2.41. The summed E-state index contributed by atoms with van der Waals surface area (Å²) in [5.41, 5.74) is -0.0598. The van der Waals surface area contributed by atoms with E-state index in [9.17, 15) is 26.9 Å². The summed E-state index contributed by atoms with van der Waals surface area (Å²) in [5, 5.41) is 14.7. The molecule has 10 nitrogen and oxygen atoms in total. The maximum Gasteiger partial charge on any atom is 0.293 e. The number of anilines is 1. The molecule has 0 bridgehead atoms. The van der Waals surface area contributed by atoms with Crippen LogP contribution in [0.2, 0.25) is 0 Å². The van der Waals surface area contributed by atoms with Gasteiger partial charge in [0, 0.05) is 38.3 Å². The Bertz CT molecular complexity index is 1000. The van der Waals surface area contributed by atoms with Crippen LogP contribution in [0.4, 0.5) is 11.4 Å². The number of hydrogen-bond acceptors (Lipinski definition) is 7. The normalized spacial score (nSPS) is 22.7. The minimum Gasteiger partial charge on any atom is -0.377 e. The lowest BCUT2D eigenvalue weighted by Gasteiger charge is -2.31. The molecular weight excluding hydrogens is 432 g/mol. The van der Waals surface area contributed by atoms with E-state index in [1.54, 1.807) is 0 Å². The largest absolute Gasteiger partial charge is 0.377 e. The van der Waals surface area contributed by atoms with Crippen molar-refractivity contribution in [1.82, 2.24) is 8.61 Å². The van der Waals surface area contributed by atoms with E-state index in [0.717, 1.165) is 25.2 Å². The minimum atomic E-state index is -3.80. The van der Waals surface area contributed by atoms with Gasteiger partial charge in [0.2, 0.25) is 20.0 Å². The fraction of sp³-hybridized carbons (Fsp3) is 0.667. The number of nitrogens with zero attached hydrogens (tertiary/aromatic N) is 3. The van der Waals surface area contributed by atoms with Crippen molar-refractivity contribution in [1.29, 1.82) is 0 Å². The first-order valence-electron chi connectivity index (χ1n) is 9.98. The van der Waals surface area contributed by atoms with Crippen molar-refractivity contribution in [2.24, 2.45) is 5.92 Å². The van der Waals surface area contributed by atoms with E-state index in [0.29, 0.717) is 39.0 Å². The summed E-state index contributed by atoms with van der Waals surface area (Å²) in [6.07, 6.45) is 3.92. The summed E-state index contributed by atoms with van der Waals surface area (Å²) in [7, 11) is -7.05. The van der Waals surface area contributed by atoms with Crippen LogP contribution in [-0.4, -0.2) is 68.8 Å². The van der Waals surface area contributed by atoms with Crippen LogP contribution >= 0.6 is 0 Å². The second kappa shape index (κ2) is 8.77. The molecule has 0 amide bonds. The quantitative estimate of drug-likeness (QED) is 0.506. The molecule has 2 heterocycles. The Morgan fingerprint density at radius 2 is 1.73 bits per heavy atom. The molecule has 168 valence electrons. The molecule has 1 aromatic rings. The van der Waals surface area contributed by atoms with E-state index in [4.69, 9.17) is 0 Å². The third kappa shape index (κ3) is 5.10. The number of rotatable bonds is 6. The molecule has 2 fully saturated rings. The summed E-state index contributed by atoms with van der Waals surface area (Å²) in [5.74, 6) is 0.252. The summed E-state index contributed by atoms with van der Waals surface area (Å²) in [6.45, 7) is 3.49. The van der Waals surface area contributed by atoms with Gasteiger partial charge in [0.05, 0.1) is 16.1 Å². The highest BCUT2D eigenvalue weighted by atomic mass is 32.2. The zero-order valence-corrected chi connectivity index (χ0v) is 18.8. The zero-order valence-electron chi connectivity index (χ0n) is 17.2. The average molecular weight is 461 g/mol. The van der Waals surface area contributed by atoms with Gasteiger partial charge in [0.25, 0.3) is 5.69 Å². The summed E-state index contributed by atoms with van der Waals surface area (Å²) in [6, 6.07) is 3.81. The Morgan fingerprint density at radius 3 is 2.30 bits per heavy atom. The van der Waals surface area contributed by atoms with Gasteiger partial charge < -0.3 is 5.32 Å². The van der Waals surface area contributed by atoms with Gasteiger partial charge in [-0.15, -0.1) is 0 Å². The molecule has 0 aromatic heterocycles. The number of nitro benzene ring substituents is 1. The lowest BCUT2D eigenvalue weighted by atomic mass is 10.0. The molecule has 12 heteroatoms. The van der Waals surface area contributed by atoms with Gasteiger partial charge in [0.1, 0.15) is 5.69 Å².